The molecule has 3 heterocycles. The van der Waals surface area contributed by atoms with E-state index in [4.69, 9.17) is 9.26 Å². The molecule has 222 valence electrons. The zero-order valence-electron chi connectivity index (χ0n) is 23.3. The lowest BCUT2D eigenvalue weighted by atomic mass is 9.96. The van der Waals surface area contributed by atoms with Crippen molar-refractivity contribution in [2.24, 2.45) is 5.92 Å². The van der Waals surface area contributed by atoms with Crippen molar-refractivity contribution in [1.29, 1.82) is 0 Å². The summed E-state index contributed by atoms with van der Waals surface area (Å²) in [5.74, 6) is 0.447. The number of rotatable bonds is 8. The maximum Gasteiger partial charge on any atom is 0.417 e. The second-order valence-electron chi connectivity index (χ2n) is 11.7. The lowest BCUT2D eigenvalue weighted by Crippen LogP contribution is -2.25. The summed E-state index contributed by atoms with van der Waals surface area (Å²) >= 11 is 0. The summed E-state index contributed by atoms with van der Waals surface area (Å²) in [6.07, 6.45) is 5.27. The summed E-state index contributed by atoms with van der Waals surface area (Å²) < 4.78 is 53.3. The minimum absolute atomic E-state index is 0.0223. The fraction of sp³-hybridized carbons (Fsp3) is 0.364. The van der Waals surface area contributed by atoms with Crippen molar-refractivity contribution < 1.29 is 32.3 Å². The summed E-state index contributed by atoms with van der Waals surface area (Å²) in [7, 11) is 0. The highest BCUT2D eigenvalue weighted by Gasteiger charge is 2.37. The van der Waals surface area contributed by atoms with E-state index in [0.717, 1.165) is 68.8 Å². The standard InChI is InChI=1S/C33H30F3N3O4/c34-33(35,36)26-7-2-1-6-23(26)30-24(31(43-38-30)20-9-10-20)12-8-19-14-15-39(18-19)21-11-13-27-25(16-21)29(42-22-4-3-5-22)17-28(37-27)32(40)41/h1-2,6-8,11-13,16-17,19-20,22H,3-5,9-10,14-15,18H2,(H,40,41)/b12-8+/t19-/m0/s1. The van der Waals surface area contributed by atoms with Crippen molar-refractivity contribution in [3.05, 3.63) is 77.2 Å². The van der Waals surface area contributed by atoms with Gasteiger partial charge in [0.15, 0.2) is 5.69 Å². The number of ether oxygens (including phenoxy) is 1. The van der Waals surface area contributed by atoms with E-state index >= 15 is 0 Å². The number of carboxylic acid groups (broad SMARTS) is 1. The van der Waals surface area contributed by atoms with Crippen LogP contribution in [-0.2, 0) is 6.18 Å². The second-order valence-corrected chi connectivity index (χ2v) is 11.7. The van der Waals surface area contributed by atoms with Crippen LogP contribution in [0.4, 0.5) is 18.9 Å². The summed E-state index contributed by atoms with van der Waals surface area (Å²) in [6, 6.07) is 12.8. The van der Waals surface area contributed by atoms with E-state index < -0.39 is 17.7 Å². The molecule has 1 atom stereocenters. The number of pyridine rings is 1. The number of nitrogens with zero attached hydrogens (tertiary/aromatic N) is 3. The molecule has 0 amide bonds. The molecule has 0 unspecified atom stereocenters. The molecule has 1 N–H and O–H groups in total. The Morgan fingerprint density at radius 2 is 1.88 bits per heavy atom. The Labute approximate surface area is 246 Å². The SMILES string of the molecule is O=C(O)c1cc(OC2CCC2)c2cc(N3CC[C@H](/C=C/c4c(-c5ccccc5C(F)(F)F)noc4C4CC4)C3)ccc2n1. The molecule has 7 nitrogen and oxygen atoms in total. The summed E-state index contributed by atoms with van der Waals surface area (Å²) in [5, 5.41) is 14.4. The van der Waals surface area contributed by atoms with Crippen LogP contribution in [0.1, 0.15) is 71.8 Å². The van der Waals surface area contributed by atoms with Gasteiger partial charge in [-0.25, -0.2) is 9.78 Å². The molecular weight excluding hydrogens is 559 g/mol. The van der Waals surface area contributed by atoms with Crippen LogP contribution in [0.25, 0.3) is 28.2 Å². The third-order valence-electron chi connectivity index (χ3n) is 8.64. The largest absolute Gasteiger partial charge is 0.490 e. The number of anilines is 1. The number of hydrogen-bond acceptors (Lipinski definition) is 6. The number of aromatic carboxylic acids is 1. The molecule has 0 spiro atoms. The minimum atomic E-state index is -4.50. The first kappa shape index (κ1) is 27.5. The number of carboxylic acids is 1. The quantitative estimate of drug-likeness (QED) is 0.223. The molecule has 10 heteroatoms. The lowest BCUT2D eigenvalue weighted by Gasteiger charge is -2.27. The molecule has 2 aliphatic carbocycles. The van der Waals surface area contributed by atoms with Crippen molar-refractivity contribution in [2.75, 3.05) is 18.0 Å². The molecule has 4 aromatic rings. The van der Waals surface area contributed by atoms with Gasteiger partial charge >= 0.3 is 12.1 Å². The third-order valence-corrected chi connectivity index (χ3v) is 8.64. The van der Waals surface area contributed by atoms with Crippen LogP contribution in [0.2, 0.25) is 0 Å². The number of alkyl halides is 3. The molecule has 3 aliphatic rings. The summed E-state index contributed by atoms with van der Waals surface area (Å²) in [6.45, 7) is 1.52. The predicted molar refractivity (Wildman–Crippen MR) is 155 cm³/mol. The van der Waals surface area contributed by atoms with Gasteiger partial charge in [0.1, 0.15) is 17.2 Å². The average Bonchev–Trinajstić information content (AvgIpc) is 3.54. The van der Waals surface area contributed by atoms with Gasteiger partial charge < -0.3 is 19.3 Å². The van der Waals surface area contributed by atoms with E-state index in [2.05, 4.69) is 21.1 Å². The molecule has 0 radical (unpaired) electrons. The number of carbonyl (C=O) groups is 1. The fourth-order valence-electron chi connectivity index (χ4n) is 5.91. The first-order valence-electron chi connectivity index (χ1n) is 14.7. The van der Waals surface area contributed by atoms with Gasteiger partial charge in [-0.1, -0.05) is 35.5 Å². The first-order chi connectivity index (χ1) is 20.7. The number of benzene rings is 2. The molecule has 1 aliphatic heterocycles. The third kappa shape index (κ3) is 5.46. The monoisotopic (exact) mass is 589 g/mol. The summed E-state index contributed by atoms with van der Waals surface area (Å²) in [5.41, 5.74) is 1.65. The molecule has 2 aromatic heterocycles. The zero-order valence-corrected chi connectivity index (χ0v) is 23.3. The van der Waals surface area contributed by atoms with Gasteiger partial charge in [0.2, 0.25) is 0 Å². The van der Waals surface area contributed by atoms with E-state index in [1.165, 1.54) is 18.2 Å². The maximum atomic E-state index is 13.8. The smallest absolute Gasteiger partial charge is 0.417 e. The van der Waals surface area contributed by atoms with E-state index in [1.807, 2.05) is 24.3 Å². The second kappa shape index (κ2) is 10.7. The Morgan fingerprint density at radius 1 is 1.07 bits per heavy atom. The molecule has 1 saturated heterocycles. The van der Waals surface area contributed by atoms with Gasteiger partial charge in [-0.15, -0.1) is 0 Å². The number of fused-ring (bicyclic) bond motifs is 1. The highest BCUT2D eigenvalue weighted by Crippen LogP contribution is 2.46. The van der Waals surface area contributed by atoms with Crippen LogP contribution in [0.3, 0.4) is 0 Å². The van der Waals surface area contributed by atoms with Gasteiger partial charge in [-0.3, -0.25) is 0 Å². The Bertz CT molecular complexity index is 1720. The highest BCUT2D eigenvalue weighted by molar-refractivity contribution is 5.94. The van der Waals surface area contributed by atoms with Crippen molar-refractivity contribution >= 4 is 28.6 Å². The molecule has 7 rings (SSSR count). The van der Waals surface area contributed by atoms with Crippen molar-refractivity contribution in [3.63, 3.8) is 0 Å². The predicted octanol–water partition coefficient (Wildman–Crippen LogP) is 7.96. The molecule has 43 heavy (non-hydrogen) atoms. The topological polar surface area (TPSA) is 88.7 Å². The Kier molecular flexibility index (Phi) is 6.86. The number of hydrogen-bond donors (Lipinski definition) is 1. The number of aromatic nitrogens is 2. The minimum Gasteiger partial charge on any atom is -0.490 e. The maximum absolute atomic E-state index is 13.8. The molecule has 3 fully saturated rings. The van der Waals surface area contributed by atoms with Crippen molar-refractivity contribution in [1.82, 2.24) is 10.1 Å². The Balaban J connectivity index is 1.15. The van der Waals surface area contributed by atoms with Crippen LogP contribution in [-0.4, -0.2) is 40.4 Å². The van der Waals surface area contributed by atoms with Gasteiger partial charge in [-0.05, 0) is 68.7 Å². The van der Waals surface area contributed by atoms with Gasteiger partial charge in [0, 0.05) is 47.3 Å². The van der Waals surface area contributed by atoms with Crippen molar-refractivity contribution in [2.45, 2.75) is 56.7 Å². The van der Waals surface area contributed by atoms with E-state index in [1.54, 1.807) is 6.07 Å². The molecular formula is C33H30F3N3O4. The van der Waals surface area contributed by atoms with Gasteiger partial charge in [-0.2, -0.15) is 13.2 Å². The Hall–Kier alpha value is -4.34. The first-order valence-corrected chi connectivity index (χ1v) is 14.7. The van der Waals surface area contributed by atoms with E-state index in [9.17, 15) is 23.1 Å². The lowest BCUT2D eigenvalue weighted by molar-refractivity contribution is -0.137. The van der Waals surface area contributed by atoms with Crippen LogP contribution in [0, 0.1) is 5.92 Å². The van der Waals surface area contributed by atoms with Crippen LogP contribution in [0.5, 0.6) is 5.75 Å². The van der Waals surface area contributed by atoms with E-state index in [0.29, 0.717) is 22.6 Å². The molecule has 0 bridgehead atoms. The molecule has 2 aromatic carbocycles. The summed E-state index contributed by atoms with van der Waals surface area (Å²) in [4.78, 5) is 18.2. The van der Waals surface area contributed by atoms with Crippen LogP contribution in [0.15, 0.2) is 59.1 Å². The normalized spacial score (nSPS) is 19.3. The highest BCUT2D eigenvalue weighted by atomic mass is 19.4. The van der Waals surface area contributed by atoms with Gasteiger partial charge in [0.05, 0.1) is 17.2 Å². The van der Waals surface area contributed by atoms with E-state index in [-0.39, 0.29) is 34.9 Å². The fourth-order valence-corrected chi connectivity index (χ4v) is 5.91. The Morgan fingerprint density at radius 3 is 2.60 bits per heavy atom. The van der Waals surface area contributed by atoms with Crippen molar-refractivity contribution in [3.8, 4) is 17.0 Å². The van der Waals surface area contributed by atoms with Gasteiger partial charge in [0.25, 0.3) is 0 Å². The van der Waals surface area contributed by atoms with Crippen LogP contribution < -0.4 is 9.64 Å². The van der Waals surface area contributed by atoms with Crippen LogP contribution >= 0.6 is 0 Å². The zero-order chi connectivity index (χ0) is 29.7. The average molecular weight is 590 g/mol. The number of halogens is 3. The molecule has 2 saturated carbocycles.